The van der Waals surface area contributed by atoms with Gasteiger partial charge in [-0.25, -0.2) is 4.79 Å². The van der Waals surface area contributed by atoms with Crippen LogP contribution in [0.1, 0.15) is 40.0 Å². The summed E-state index contributed by atoms with van der Waals surface area (Å²) in [7, 11) is 0. The molecule has 1 aliphatic rings. The minimum Gasteiger partial charge on any atom is -0.545 e. The Morgan fingerprint density at radius 3 is 2.42 bits per heavy atom. The van der Waals surface area contributed by atoms with Gasteiger partial charge in [0, 0.05) is 6.08 Å². The Labute approximate surface area is 157 Å². The number of carboxylic acid groups (broad SMARTS) is 1. The average molecular weight is 292 g/mol. The van der Waals surface area contributed by atoms with E-state index < -0.39 is 11.9 Å². The monoisotopic (exact) mass is 292 g/mol. The van der Waals surface area contributed by atoms with Crippen molar-refractivity contribution in [2.45, 2.75) is 46.1 Å². The molecule has 0 aromatic rings. The quantitative estimate of drug-likeness (QED) is 0.352. The molecule has 5 heteroatoms. The molecule has 0 radical (unpaired) electrons. The van der Waals surface area contributed by atoms with Crippen molar-refractivity contribution < 1.29 is 70.8 Å². The van der Waals surface area contributed by atoms with Crippen molar-refractivity contribution in [2.75, 3.05) is 0 Å². The van der Waals surface area contributed by atoms with Gasteiger partial charge in [0.2, 0.25) is 0 Å². The molecule has 1 aliphatic carbocycles. The van der Waals surface area contributed by atoms with Gasteiger partial charge in [-0.3, -0.25) is 0 Å². The van der Waals surface area contributed by atoms with E-state index in [-0.39, 0.29) is 57.5 Å². The first-order chi connectivity index (χ1) is 8.40. The third-order valence-electron chi connectivity index (χ3n) is 3.58. The van der Waals surface area contributed by atoms with E-state index in [4.69, 9.17) is 4.74 Å². The van der Waals surface area contributed by atoms with Gasteiger partial charge in [-0.05, 0) is 36.7 Å². The summed E-state index contributed by atoms with van der Waals surface area (Å²) in [6.45, 7) is 6.39. The third kappa shape index (κ3) is 7.04. The van der Waals surface area contributed by atoms with Crippen LogP contribution in [0.5, 0.6) is 0 Å². The van der Waals surface area contributed by atoms with Gasteiger partial charge in [0.05, 0.1) is 5.97 Å². The van der Waals surface area contributed by atoms with Crippen LogP contribution in [0.2, 0.25) is 0 Å². The first kappa shape index (κ1) is 19.3. The fourth-order valence-electron chi connectivity index (χ4n) is 2.57. The predicted octanol–water partition coefficient (Wildman–Crippen LogP) is -1.70. The molecule has 0 heterocycles. The minimum atomic E-state index is -1.38. The van der Waals surface area contributed by atoms with Gasteiger partial charge in [0.15, 0.2) is 0 Å². The Hall–Kier alpha value is 0.316. The maximum absolute atomic E-state index is 11.5. The van der Waals surface area contributed by atoms with Gasteiger partial charge in [0.25, 0.3) is 0 Å². The summed E-state index contributed by atoms with van der Waals surface area (Å²) in [5.74, 6) is -0.613. The summed E-state index contributed by atoms with van der Waals surface area (Å²) < 4.78 is 5.37. The molecule has 0 aromatic heterocycles. The van der Waals surface area contributed by atoms with Crippen LogP contribution >= 0.6 is 0 Å². The van der Waals surface area contributed by atoms with Crippen molar-refractivity contribution in [3.63, 3.8) is 0 Å². The van der Waals surface area contributed by atoms with Gasteiger partial charge in [-0.15, -0.1) is 0 Å². The third-order valence-corrected chi connectivity index (χ3v) is 3.58. The number of carbonyl (C=O) groups is 2. The smallest absolute Gasteiger partial charge is 0.545 e. The second-order valence-electron chi connectivity index (χ2n) is 5.45. The molecule has 0 aromatic carbocycles. The Kier molecular flexibility index (Phi) is 9.44. The Balaban J connectivity index is 0.00000324. The summed E-state index contributed by atoms with van der Waals surface area (Å²) in [6.07, 6.45) is 4.60. The largest absolute Gasteiger partial charge is 1.00 e. The standard InChI is InChI=1S/C14H22O4.K/c1-9(2)11-5-4-10(3)8-12(11)18-14(17)7-6-13(15)16;/h6-7,9-12H,4-5,8H2,1-3H3,(H,15,16);/q;+1/p-1/b7-6-;. The first-order valence-electron chi connectivity index (χ1n) is 6.49. The fraction of sp³-hybridized carbons (Fsp3) is 0.714. The minimum absolute atomic E-state index is 0. The van der Waals surface area contributed by atoms with E-state index in [1.54, 1.807) is 0 Å². The van der Waals surface area contributed by atoms with E-state index in [1.807, 2.05) is 0 Å². The SMILES string of the molecule is CC1CCC(C(C)C)C(OC(=O)/C=C\C(=O)[O-])C1.[K+]. The second kappa shape index (κ2) is 9.29. The molecule has 1 fully saturated rings. The van der Waals surface area contributed by atoms with Gasteiger partial charge in [0.1, 0.15) is 6.10 Å². The number of esters is 1. The predicted molar refractivity (Wildman–Crippen MR) is 65.4 cm³/mol. The van der Waals surface area contributed by atoms with Crippen LogP contribution in [0.25, 0.3) is 0 Å². The fourth-order valence-corrected chi connectivity index (χ4v) is 2.57. The molecular weight excluding hydrogens is 271 g/mol. The molecule has 0 amide bonds. The number of rotatable bonds is 4. The number of carbonyl (C=O) groups excluding carboxylic acids is 2. The molecule has 3 atom stereocenters. The molecule has 0 bridgehead atoms. The Morgan fingerprint density at radius 2 is 1.89 bits per heavy atom. The van der Waals surface area contributed by atoms with E-state index in [1.165, 1.54) is 0 Å². The van der Waals surface area contributed by atoms with Gasteiger partial charge < -0.3 is 14.6 Å². The zero-order valence-corrected chi connectivity index (χ0v) is 15.3. The topological polar surface area (TPSA) is 66.4 Å². The summed E-state index contributed by atoms with van der Waals surface area (Å²) in [4.78, 5) is 21.7. The van der Waals surface area contributed by atoms with Crippen molar-refractivity contribution in [1.29, 1.82) is 0 Å². The van der Waals surface area contributed by atoms with Crippen LogP contribution < -0.4 is 56.5 Å². The number of aliphatic carboxylic acids is 1. The molecule has 19 heavy (non-hydrogen) atoms. The number of ether oxygens (including phenoxy) is 1. The zero-order chi connectivity index (χ0) is 13.7. The molecule has 1 saturated carbocycles. The number of hydrogen-bond acceptors (Lipinski definition) is 4. The van der Waals surface area contributed by atoms with E-state index in [9.17, 15) is 14.7 Å². The summed E-state index contributed by atoms with van der Waals surface area (Å²) in [5, 5.41) is 10.2. The maximum atomic E-state index is 11.5. The molecule has 1 rings (SSSR count). The normalized spacial score (nSPS) is 27.1. The molecule has 0 spiro atoms. The van der Waals surface area contributed by atoms with Crippen molar-refractivity contribution in [2.24, 2.45) is 17.8 Å². The number of carboxylic acids is 1. The van der Waals surface area contributed by atoms with Crippen LogP contribution in [-0.2, 0) is 14.3 Å². The van der Waals surface area contributed by atoms with E-state index in [0.717, 1.165) is 25.3 Å². The van der Waals surface area contributed by atoms with Crippen LogP contribution in [-0.4, -0.2) is 18.0 Å². The van der Waals surface area contributed by atoms with Crippen molar-refractivity contribution in [3.05, 3.63) is 12.2 Å². The van der Waals surface area contributed by atoms with E-state index in [0.29, 0.717) is 23.8 Å². The van der Waals surface area contributed by atoms with E-state index in [2.05, 4.69) is 20.8 Å². The van der Waals surface area contributed by atoms with Crippen molar-refractivity contribution in [1.82, 2.24) is 0 Å². The van der Waals surface area contributed by atoms with E-state index >= 15 is 0 Å². The summed E-state index contributed by atoms with van der Waals surface area (Å²) in [6, 6.07) is 0. The Bertz CT molecular complexity index is 338. The molecule has 102 valence electrons. The maximum Gasteiger partial charge on any atom is 1.00 e. The first-order valence-corrected chi connectivity index (χ1v) is 6.49. The van der Waals surface area contributed by atoms with Crippen LogP contribution in [0, 0.1) is 17.8 Å². The molecule has 3 unspecified atom stereocenters. The van der Waals surface area contributed by atoms with Crippen LogP contribution in [0.15, 0.2) is 12.2 Å². The van der Waals surface area contributed by atoms with Crippen molar-refractivity contribution >= 4 is 11.9 Å². The summed E-state index contributed by atoms with van der Waals surface area (Å²) in [5.41, 5.74) is 0. The number of hydrogen-bond donors (Lipinski definition) is 0. The molecule has 0 N–H and O–H groups in total. The van der Waals surface area contributed by atoms with Crippen LogP contribution in [0.3, 0.4) is 0 Å². The van der Waals surface area contributed by atoms with Gasteiger partial charge >= 0.3 is 57.4 Å². The Morgan fingerprint density at radius 1 is 1.26 bits per heavy atom. The average Bonchev–Trinajstić information content (AvgIpc) is 2.26. The van der Waals surface area contributed by atoms with Gasteiger partial charge in [-0.2, -0.15) is 0 Å². The van der Waals surface area contributed by atoms with Crippen LogP contribution in [0.4, 0.5) is 0 Å². The van der Waals surface area contributed by atoms with Gasteiger partial charge in [-0.1, -0.05) is 27.2 Å². The molecular formula is C14H21KO4. The zero-order valence-electron chi connectivity index (χ0n) is 12.2. The van der Waals surface area contributed by atoms with Crippen molar-refractivity contribution in [3.8, 4) is 0 Å². The molecule has 4 nitrogen and oxygen atoms in total. The summed E-state index contributed by atoms with van der Waals surface area (Å²) >= 11 is 0. The molecule has 0 aliphatic heterocycles. The molecule has 0 saturated heterocycles. The second-order valence-corrected chi connectivity index (χ2v) is 5.45.